The lowest BCUT2D eigenvalue weighted by atomic mass is 10.1. The molecule has 1 aliphatic rings. The van der Waals surface area contributed by atoms with Gasteiger partial charge < -0.3 is 4.74 Å². The second kappa shape index (κ2) is 3.90. The average molecular weight is 164 g/mol. The summed E-state index contributed by atoms with van der Waals surface area (Å²) < 4.78 is 4.57. The van der Waals surface area contributed by atoms with Crippen molar-refractivity contribution in [2.75, 3.05) is 7.11 Å². The number of rotatable bonds is 2. The summed E-state index contributed by atoms with van der Waals surface area (Å²) in [5.74, 6) is -0.00667. The molecule has 0 fully saturated rings. The SMILES string of the molecule is COC(=O)C(C)=CC1C=CC=C1. The summed E-state index contributed by atoms with van der Waals surface area (Å²) in [5.41, 5.74) is 0.652. The molecule has 0 atom stereocenters. The Morgan fingerprint density at radius 1 is 1.42 bits per heavy atom. The van der Waals surface area contributed by atoms with Gasteiger partial charge in [0.1, 0.15) is 0 Å². The fourth-order valence-electron chi connectivity index (χ4n) is 1.08. The van der Waals surface area contributed by atoms with Crippen LogP contribution in [-0.2, 0) is 9.53 Å². The van der Waals surface area contributed by atoms with Gasteiger partial charge in [-0.2, -0.15) is 0 Å². The van der Waals surface area contributed by atoms with Crippen LogP contribution in [0.1, 0.15) is 6.92 Å². The first-order valence-electron chi connectivity index (χ1n) is 3.86. The van der Waals surface area contributed by atoms with Gasteiger partial charge in [0, 0.05) is 11.5 Å². The molecule has 2 nitrogen and oxygen atoms in total. The van der Waals surface area contributed by atoms with Crippen LogP contribution in [0.15, 0.2) is 36.0 Å². The lowest BCUT2D eigenvalue weighted by molar-refractivity contribution is -0.136. The summed E-state index contributed by atoms with van der Waals surface area (Å²) in [7, 11) is 1.39. The van der Waals surface area contributed by atoms with Crippen LogP contribution in [0, 0.1) is 5.92 Å². The van der Waals surface area contributed by atoms with Crippen molar-refractivity contribution >= 4 is 5.97 Å². The van der Waals surface area contributed by atoms with Crippen LogP contribution in [0.3, 0.4) is 0 Å². The molecule has 0 radical (unpaired) electrons. The van der Waals surface area contributed by atoms with E-state index in [2.05, 4.69) is 4.74 Å². The maximum Gasteiger partial charge on any atom is 0.333 e. The maximum absolute atomic E-state index is 11.0. The quantitative estimate of drug-likeness (QED) is 0.460. The zero-order valence-electron chi connectivity index (χ0n) is 7.28. The lowest BCUT2D eigenvalue weighted by Gasteiger charge is -2.00. The molecule has 1 rings (SSSR count). The summed E-state index contributed by atoms with van der Waals surface area (Å²) in [6, 6.07) is 0. The van der Waals surface area contributed by atoms with Gasteiger partial charge in [0.25, 0.3) is 0 Å². The zero-order valence-corrected chi connectivity index (χ0v) is 7.28. The maximum atomic E-state index is 11.0. The standard InChI is InChI=1S/C10H12O2/c1-8(10(11)12-2)7-9-5-3-4-6-9/h3-7,9H,1-2H3. The largest absolute Gasteiger partial charge is 0.466 e. The van der Waals surface area contributed by atoms with E-state index in [4.69, 9.17) is 0 Å². The van der Waals surface area contributed by atoms with Crippen LogP contribution < -0.4 is 0 Å². The Hall–Kier alpha value is -1.31. The van der Waals surface area contributed by atoms with E-state index in [-0.39, 0.29) is 11.9 Å². The van der Waals surface area contributed by atoms with E-state index in [9.17, 15) is 4.79 Å². The summed E-state index contributed by atoms with van der Waals surface area (Å²) in [6.45, 7) is 1.76. The Labute approximate surface area is 72.2 Å². The molecule has 0 amide bonds. The van der Waals surface area contributed by atoms with E-state index in [1.165, 1.54) is 7.11 Å². The first-order valence-corrected chi connectivity index (χ1v) is 3.86. The molecule has 0 unspecified atom stereocenters. The first-order chi connectivity index (χ1) is 5.74. The molecular formula is C10H12O2. The van der Waals surface area contributed by atoms with Crippen molar-refractivity contribution in [3.63, 3.8) is 0 Å². The van der Waals surface area contributed by atoms with Crippen LogP contribution in [-0.4, -0.2) is 13.1 Å². The van der Waals surface area contributed by atoms with Crippen molar-refractivity contribution in [1.29, 1.82) is 0 Å². The Morgan fingerprint density at radius 3 is 2.50 bits per heavy atom. The average Bonchev–Trinajstić information content (AvgIpc) is 2.55. The minimum absolute atomic E-state index is 0.254. The van der Waals surface area contributed by atoms with Crippen molar-refractivity contribution in [3.05, 3.63) is 36.0 Å². The highest BCUT2D eigenvalue weighted by molar-refractivity contribution is 5.87. The third-order valence-electron chi connectivity index (χ3n) is 1.73. The van der Waals surface area contributed by atoms with Gasteiger partial charge in [-0.3, -0.25) is 0 Å². The lowest BCUT2D eigenvalue weighted by Crippen LogP contribution is -2.02. The summed E-state index contributed by atoms with van der Waals surface area (Å²) >= 11 is 0. The number of hydrogen-bond acceptors (Lipinski definition) is 2. The minimum atomic E-state index is -0.260. The third kappa shape index (κ3) is 2.09. The van der Waals surface area contributed by atoms with Crippen molar-refractivity contribution in [2.24, 2.45) is 5.92 Å². The number of ether oxygens (including phenoxy) is 1. The van der Waals surface area contributed by atoms with Gasteiger partial charge in [0.2, 0.25) is 0 Å². The molecule has 0 bridgehead atoms. The molecule has 0 aliphatic heterocycles. The van der Waals surface area contributed by atoms with Crippen LogP contribution in [0.4, 0.5) is 0 Å². The fraction of sp³-hybridized carbons (Fsp3) is 0.300. The molecular weight excluding hydrogens is 152 g/mol. The van der Waals surface area contributed by atoms with E-state index < -0.39 is 0 Å². The van der Waals surface area contributed by atoms with Crippen LogP contribution in [0.25, 0.3) is 0 Å². The van der Waals surface area contributed by atoms with Gasteiger partial charge in [-0.15, -0.1) is 0 Å². The molecule has 1 aliphatic carbocycles. The molecule has 0 spiro atoms. The van der Waals surface area contributed by atoms with E-state index in [0.717, 1.165) is 0 Å². The van der Waals surface area contributed by atoms with Gasteiger partial charge >= 0.3 is 5.97 Å². The van der Waals surface area contributed by atoms with Gasteiger partial charge in [0.05, 0.1) is 7.11 Å². The molecule has 0 aromatic heterocycles. The number of carbonyl (C=O) groups is 1. The number of allylic oxidation sites excluding steroid dienone is 5. The Bertz CT molecular complexity index is 247. The molecule has 64 valence electrons. The highest BCUT2D eigenvalue weighted by Gasteiger charge is 2.06. The Kier molecular flexibility index (Phi) is 2.86. The monoisotopic (exact) mass is 164 g/mol. The number of hydrogen-bond donors (Lipinski definition) is 0. The molecule has 0 N–H and O–H groups in total. The normalized spacial score (nSPS) is 17.0. The predicted octanol–water partition coefficient (Wildman–Crippen LogP) is 1.85. The molecule has 0 aromatic rings. The van der Waals surface area contributed by atoms with E-state index in [1.807, 2.05) is 30.4 Å². The second-order valence-corrected chi connectivity index (χ2v) is 2.69. The molecule has 0 heterocycles. The van der Waals surface area contributed by atoms with Crippen LogP contribution >= 0.6 is 0 Å². The third-order valence-corrected chi connectivity index (χ3v) is 1.73. The van der Waals surface area contributed by atoms with Gasteiger partial charge in [-0.25, -0.2) is 4.79 Å². The smallest absolute Gasteiger partial charge is 0.333 e. The summed E-state index contributed by atoms with van der Waals surface area (Å²) in [5, 5.41) is 0. The molecule has 12 heavy (non-hydrogen) atoms. The Balaban J connectivity index is 2.61. The first kappa shape index (κ1) is 8.78. The number of esters is 1. The predicted molar refractivity (Wildman–Crippen MR) is 47.5 cm³/mol. The highest BCUT2D eigenvalue weighted by Crippen LogP contribution is 2.12. The van der Waals surface area contributed by atoms with E-state index in [0.29, 0.717) is 5.57 Å². The van der Waals surface area contributed by atoms with Gasteiger partial charge in [-0.05, 0) is 6.92 Å². The van der Waals surface area contributed by atoms with Crippen molar-refractivity contribution < 1.29 is 9.53 Å². The highest BCUT2D eigenvalue weighted by atomic mass is 16.5. The van der Waals surface area contributed by atoms with Gasteiger partial charge in [0.15, 0.2) is 0 Å². The summed E-state index contributed by atoms with van der Waals surface area (Å²) in [4.78, 5) is 11.0. The summed E-state index contributed by atoms with van der Waals surface area (Å²) in [6.07, 6.45) is 9.85. The van der Waals surface area contributed by atoms with Crippen LogP contribution in [0.2, 0.25) is 0 Å². The zero-order chi connectivity index (χ0) is 8.97. The minimum Gasteiger partial charge on any atom is -0.466 e. The Morgan fingerprint density at radius 2 is 2.00 bits per heavy atom. The van der Waals surface area contributed by atoms with E-state index >= 15 is 0 Å². The second-order valence-electron chi connectivity index (χ2n) is 2.69. The number of methoxy groups -OCH3 is 1. The number of carbonyl (C=O) groups excluding carboxylic acids is 1. The fourth-order valence-corrected chi connectivity index (χ4v) is 1.08. The molecule has 0 aromatic carbocycles. The van der Waals surface area contributed by atoms with Crippen LogP contribution in [0.5, 0.6) is 0 Å². The van der Waals surface area contributed by atoms with Crippen molar-refractivity contribution in [3.8, 4) is 0 Å². The van der Waals surface area contributed by atoms with Crippen molar-refractivity contribution in [2.45, 2.75) is 6.92 Å². The molecule has 2 heteroatoms. The van der Waals surface area contributed by atoms with E-state index in [1.54, 1.807) is 6.92 Å². The van der Waals surface area contributed by atoms with Crippen molar-refractivity contribution in [1.82, 2.24) is 0 Å². The molecule has 0 saturated carbocycles. The molecule has 0 saturated heterocycles. The van der Waals surface area contributed by atoms with Gasteiger partial charge in [-0.1, -0.05) is 30.4 Å². The topological polar surface area (TPSA) is 26.3 Å².